The molecule has 3 unspecified atom stereocenters. The minimum Gasteiger partial charge on any atom is -0.438 e. The lowest BCUT2D eigenvalue weighted by molar-refractivity contribution is -0.366. The summed E-state index contributed by atoms with van der Waals surface area (Å²) < 4.78 is 12.8. The van der Waals surface area contributed by atoms with Crippen molar-refractivity contribution in [3.8, 4) is 0 Å². The van der Waals surface area contributed by atoms with E-state index in [1.807, 2.05) is 60.7 Å². The number of amides is 2. The van der Waals surface area contributed by atoms with Crippen LogP contribution in [0.5, 0.6) is 0 Å². The van der Waals surface area contributed by atoms with Gasteiger partial charge in [0.1, 0.15) is 0 Å². The van der Waals surface area contributed by atoms with E-state index in [1.165, 1.54) is 7.05 Å². The molecule has 0 aliphatic carbocycles. The van der Waals surface area contributed by atoms with Gasteiger partial charge in [0.25, 0.3) is 17.6 Å². The molecule has 3 aromatic rings. The summed E-state index contributed by atoms with van der Waals surface area (Å²) in [5.74, 6) is -1.61. The molecule has 3 heterocycles. The molecule has 3 aliphatic heterocycles. The lowest BCUT2D eigenvalue weighted by Gasteiger charge is -2.57. The van der Waals surface area contributed by atoms with Gasteiger partial charge in [0, 0.05) is 29.3 Å². The largest absolute Gasteiger partial charge is 0.438 e. The van der Waals surface area contributed by atoms with Crippen LogP contribution in [-0.2, 0) is 25.7 Å². The molecule has 0 radical (unpaired) electrons. The molecule has 3 aromatic carbocycles. The fraction of sp³-hybridized carbons (Fsp3) is 0.160. The van der Waals surface area contributed by atoms with Crippen molar-refractivity contribution in [2.75, 3.05) is 7.05 Å². The molecule has 6 rings (SSSR count). The summed E-state index contributed by atoms with van der Waals surface area (Å²) in [6.45, 7) is 0. The third kappa shape index (κ3) is 2.17. The van der Waals surface area contributed by atoms with E-state index >= 15 is 0 Å². The summed E-state index contributed by atoms with van der Waals surface area (Å²) in [7, 11) is 1.48. The Balaban J connectivity index is 1.57. The number of imide groups is 1. The van der Waals surface area contributed by atoms with E-state index in [2.05, 4.69) is 0 Å². The number of nitrogens with zero attached hydrogens (tertiary/aromatic N) is 2. The molecular weight excluding hydrogens is 392 g/mol. The zero-order valence-electron chi connectivity index (χ0n) is 16.7. The number of carbonyl (C=O) groups excluding carboxylic acids is 2. The van der Waals surface area contributed by atoms with Crippen molar-refractivity contribution in [2.24, 2.45) is 4.99 Å². The average Bonchev–Trinajstić information content (AvgIpc) is 3.14. The first-order valence-electron chi connectivity index (χ1n) is 10.1. The van der Waals surface area contributed by atoms with Crippen LogP contribution < -0.4 is 0 Å². The lowest BCUT2D eigenvalue weighted by Crippen LogP contribution is -2.74. The molecule has 2 amide bonds. The Labute approximate surface area is 178 Å². The van der Waals surface area contributed by atoms with Crippen LogP contribution >= 0.6 is 0 Å². The van der Waals surface area contributed by atoms with Gasteiger partial charge in [-0.1, -0.05) is 66.7 Å². The first-order chi connectivity index (χ1) is 15.1. The van der Waals surface area contributed by atoms with Gasteiger partial charge in [0.05, 0.1) is 0 Å². The molecule has 0 bridgehead atoms. The van der Waals surface area contributed by atoms with E-state index in [0.717, 1.165) is 16.0 Å². The SMILES string of the molecule is CN1C(=O)c2ccccc2C2(OC3(c4ccccc4)OC(c4ccccc4)=NC32)C1=O. The second-order valence-corrected chi connectivity index (χ2v) is 7.89. The van der Waals surface area contributed by atoms with Crippen molar-refractivity contribution in [1.29, 1.82) is 0 Å². The summed E-state index contributed by atoms with van der Waals surface area (Å²) >= 11 is 0. The Kier molecular flexibility index (Phi) is 3.56. The highest BCUT2D eigenvalue weighted by Gasteiger charge is 2.77. The third-order valence-corrected chi connectivity index (χ3v) is 6.23. The smallest absolute Gasteiger partial charge is 0.268 e. The van der Waals surface area contributed by atoms with Crippen molar-refractivity contribution >= 4 is 17.7 Å². The van der Waals surface area contributed by atoms with E-state index < -0.39 is 23.3 Å². The van der Waals surface area contributed by atoms with Crippen molar-refractivity contribution in [3.63, 3.8) is 0 Å². The number of fused-ring (bicyclic) bond motifs is 4. The monoisotopic (exact) mass is 410 g/mol. The molecule has 152 valence electrons. The molecule has 6 heteroatoms. The van der Waals surface area contributed by atoms with Gasteiger partial charge in [-0.15, -0.1) is 0 Å². The predicted octanol–water partition coefficient (Wildman–Crippen LogP) is 3.22. The maximum absolute atomic E-state index is 13.5. The topological polar surface area (TPSA) is 68.2 Å². The van der Waals surface area contributed by atoms with Crippen LogP contribution in [0.25, 0.3) is 0 Å². The molecule has 0 aromatic heterocycles. The molecule has 1 fully saturated rings. The summed E-state index contributed by atoms with van der Waals surface area (Å²) in [5, 5.41) is 0. The van der Waals surface area contributed by atoms with Crippen molar-refractivity contribution in [3.05, 3.63) is 107 Å². The highest BCUT2D eigenvalue weighted by atomic mass is 16.8. The molecule has 0 N–H and O–H groups in total. The number of ether oxygens (including phenoxy) is 2. The Bertz CT molecular complexity index is 1260. The third-order valence-electron chi connectivity index (χ3n) is 6.23. The number of rotatable bonds is 2. The van der Waals surface area contributed by atoms with Crippen LogP contribution in [0, 0.1) is 0 Å². The van der Waals surface area contributed by atoms with Crippen molar-refractivity contribution < 1.29 is 19.1 Å². The van der Waals surface area contributed by atoms with Crippen LogP contribution in [0.4, 0.5) is 0 Å². The number of likely N-dealkylation sites (N-methyl/N-ethyl adjacent to an activating group) is 1. The summed E-state index contributed by atoms with van der Waals surface area (Å²) in [4.78, 5) is 32.3. The zero-order valence-corrected chi connectivity index (χ0v) is 16.7. The molecule has 1 saturated heterocycles. The van der Waals surface area contributed by atoms with Crippen LogP contribution in [0.2, 0.25) is 0 Å². The first-order valence-corrected chi connectivity index (χ1v) is 10.1. The number of hydrogen-bond donors (Lipinski definition) is 0. The highest BCUT2D eigenvalue weighted by Crippen LogP contribution is 2.61. The van der Waals surface area contributed by atoms with E-state index in [-0.39, 0.29) is 5.91 Å². The van der Waals surface area contributed by atoms with E-state index in [4.69, 9.17) is 14.5 Å². The van der Waals surface area contributed by atoms with Gasteiger partial charge in [-0.25, -0.2) is 4.99 Å². The van der Waals surface area contributed by atoms with Gasteiger partial charge in [0.2, 0.25) is 11.5 Å². The molecule has 3 atom stereocenters. The highest BCUT2D eigenvalue weighted by molar-refractivity contribution is 6.13. The summed E-state index contributed by atoms with van der Waals surface area (Å²) in [6, 6.07) is 25.4. The number of benzene rings is 3. The number of aliphatic imine (C=N–C) groups is 1. The Morgan fingerprint density at radius 3 is 2.26 bits per heavy atom. The predicted molar refractivity (Wildman–Crippen MR) is 112 cm³/mol. The quantitative estimate of drug-likeness (QED) is 0.609. The standard InChI is InChI=1S/C25H18N2O4/c1-27-21(28)18-14-8-9-15-19(18)24(23(27)29)22-25(31-24,17-12-6-3-7-13-17)30-20(26-22)16-10-4-2-5-11-16/h2-15,22H,1H3. The van der Waals surface area contributed by atoms with Gasteiger partial charge in [-0.3, -0.25) is 14.5 Å². The number of carbonyl (C=O) groups is 2. The molecular formula is C25H18N2O4. The van der Waals surface area contributed by atoms with Crippen molar-refractivity contribution in [1.82, 2.24) is 4.90 Å². The minimum absolute atomic E-state index is 0.349. The lowest BCUT2D eigenvalue weighted by atomic mass is 9.69. The maximum Gasteiger partial charge on any atom is 0.268 e. The minimum atomic E-state index is -1.42. The Morgan fingerprint density at radius 2 is 1.52 bits per heavy atom. The maximum atomic E-state index is 13.5. The molecule has 1 spiro atoms. The molecule has 31 heavy (non-hydrogen) atoms. The Hall–Kier alpha value is -3.77. The summed E-state index contributed by atoms with van der Waals surface area (Å²) in [5.41, 5.74) is 1.11. The summed E-state index contributed by atoms with van der Waals surface area (Å²) in [6.07, 6.45) is 0. The van der Waals surface area contributed by atoms with E-state index in [1.54, 1.807) is 24.3 Å². The average molecular weight is 410 g/mol. The van der Waals surface area contributed by atoms with Gasteiger partial charge in [-0.2, -0.15) is 0 Å². The van der Waals surface area contributed by atoms with Gasteiger partial charge in [0.15, 0.2) is 6.04 Å². The van der Waals surface area contributed by atoms with E-state index in [9.17, 15) is 9.59 Å². The molecule has 6 nitrogen and oxygen atoms in total. The second-order valence-electron chi connectivity index (χ2n) is 7.89. The van der Waals surface area contributed by atoms with Gasteiger partial charge in [-0.05, 0) is 18.2 Å². The van der Waals surface area contributed by atoms with Crippen molar-refractivity contribution in [2.45, 2.75) is 17.4 Å². The van der Waals surface area contributed by atoms with Gasteiger partial charge < -0.3 is 9.47 Å². The van der Waals surface area contributed by atoms with Crippen LogP contribution in [0.1, 0.15) is 27.0 Å². The fourth-order valence-corrected chi connectivity index (χ4v) is 4.75. The Morgan fingerprint density at radius 1 is 0.871 bits per heavy atom. The van der Waals surface area contributed by atoms with Gasteiger partial charge >= 0.3 is 0 Å². The van der Waals surface area contributed by atoms with Crippen LogP contribution in [0.3, 0.4) is 0 Å². The normalized spacial score (nSPS) is 28.5. The fourth-order valence-electron chi connectivity index (χ4n) is 4.75. The second kappa shape index (κ2) is 6.12. The van der Waals surface area contributed by atoms with Crippen LogP contribution in [0.15, 0.2) is 89.9 Å². The first kappa shape index (κ1) is 18.0. The van der Waals surface area contributed by atoms with E-state index in [0.29, 0.717) is 17.0 Å². The number of hydrogen-bond acceptors (Lipinski definition) is 5. The van der Waals surface area contributed by atoms with Crippen LogP contribution in [-0.4, -0.2) is 35.7 Å². The molecule has 0 saturated carbocycles. The zero-order chi connectivity index (χ0) is 21.2. The molecule has 3 aliphatic rings.